The zero-order chi connectivity index (χ0) is 29.9. The first-order chi connectivity index (χ1) is 20.2. The van der Waals surface area contributed by atoms with Gasteiger partial charge >= 0.3 is 12.1 Å². The SMILES string of the molecule is CN(Cc1ccccc1)CC(NC(=O)OCC1c2ccccc2-c2ccccc21)C(=O)N1CCCC(C)(C)C1C(=O)O. The number of rotatable bonds is 9. The van der Waals surface area contributed by atoms with Crippen LogP contribution in [0.4, 0.5) is 4.79 Å². The number of fused-ring (bicyclic) bond motifs is 3. The molecular formula is C34H39N3O5. The van der Waals surface area contributed by atoms with Crippen LogP contribution in [0.15, 0.2) is 78.9 Å². The Balaban J connectivity index is 1.33. The number of carboxylic acids is 1. The Morgan fingerprint density at radius 1 is 0.976 bits per heavy atom. The fraction of sp³-hybridized carbons (Fsp3) is 0.382. The number of piperidine rings is 1. The topological polar surface area (TPSA) is 99.2 Å². The number of nitrogens with one attached hydrogen (secondary N) is 1. The molecule has 1 heterocycles. The molecule has 3 aromatic rings. The Hall–Kier alpha value is -4.17. The second kappa shape index (κ2) is 12.4. The lowest BCUT2D eigenvalue weighted by Crippen LogP contribution is -2.62. The van der Waals surface area contributed by atoms with Crippen molar-refractivity contribution in [3.63, 3.8) is 0 Å². The number of benzene rings is 3. The van der Waals surface area contributed by atoms with E-state index in [4.69, 9.17) is 4.74 Å². The van der Waals surface area contributed by atoms with Gasteiger partial charge in [-0.2, -0.15) is 0 Å². The second-order valence-corrected chi connectivity index (χ2v) is 12.1. The van der Waals surface area contributed by atoms with Gasteiger partial charge in [0.2, 0.25) is 5.91 Å². The molecule has 2 aliphatic rings. The fourth-order valence-corrected chi connectivity index (χ4v) is 6.54. The van der Waals surface area contributed by atoms with Crippen molar-refractivity contribution in [3.8, 4) is 11.1 Å². The summed E-state index contributed by atoms with van der Waals surface area (Å²) in [7, 11) is 1.88. The molecule has 1 aliphatic heterocycles. The van der Waals surface area contributed by atoms with Crippen molar-refractivity contribution in [1.82, 2.24) is 15.1 Å². The van der Waals surface area contributed by atoms with Gasteiger partial charge in [0.25, 0.3) is 0 Å². The number of aliphatic carboxylic acids is 1. The van der Waals surface area contributed by atoms with Crippen LogP contribution in [0.25, 0.3) is 11.1 Å². The lowest BCUT2D eigenvalue weighted by atomic mass is 9.76. The van der Waals surface area contributed by atoms with Gasteiger partial charge in [0, 0.05) is 25.6 Å². The number of amides is 2. The lowest BCUT2D eigenvalue weighted by Gasteiger charge is -2.45. The summed E-state index contributed by atoms with van der Waals surface area (Å²) in [6.45, 7) is 4.95. The molecule has 1 aliphatic carbocycles. The van der Waals surface area contributed by atoms with Crippen LogP contribution in [0.3, 0.4) is 0 Å². The number of hydrogen-bond acceptors (Lipinski definition) is 5. The smallest absolute Gasteiger partial charge is 0.407 e. The van der Waals surface area contributed by atoms with E-state index in [1.54, 1.807) is 0 Å². The van der Waals surface area contributed by atoms with E-state index in [0.29, 0.717) is 25.9 Å². The number of hydrogen-bond donors (Lipinski definition) is 2. The molecule has 42 heavy (non-hydrogen) atoms. The molecule has 0 radical (unpaired) electrons. The molecule has 2 N–H and O–H groups in total. The van der Waals surface area contributed by atoms with Crippen LogP contribution in [0, 0.1) is 5.41 Å². The summed E-state index contributed by atoms with van der Waals surface area (Å²) in [5.74, 6) is -1.56. The van der Waals surface area contributed by atoms with Crippen molar-refractivity contribution >= 4 is 18.0 Å². The van der Waals surface area contributed by atoms with Crippen LogP contribution in [-0.4, -0.2) is 71.7 Å². The molecule has 8 heteroatoms. The van der Waals surface area contributed by atoms with Gasteiger partial charge in [-0.1, -0.05) is 92.7 Å². The molecule has 0 saturated carbocycles. The van der Waals surface area contributed by atoms with E-state index in [1.807, 2.05) is 80.4 Å². The van der Waals surface area contributed by atoms with Crippen molar-refractivity contribution in [1.29, 1.82) is 0 Å². The van der Waals surface area contributed by atoms with Crippen molar-refractivity contribution in [3.05, 3.63) is 95.6 Å². The van der Waals surface area contributed by atoms with Crippen LogP contribution in [0.2, 0.25) is 0 Å². The van der Waals surface area contributed by atoms with Gasteiger partial charge < -0.3 is 20.1 Å². The van der Waals surface area contributed by atoms with Crippen LogP contribution < -0.4 is 5.32 Å². The molecule has 0 aromatic heterocycles. The normalized spacial score (nSPS) is 18.2. The van der Waals surface area contributed by atoms with E-state index in [2.05, 4.69) is 29.6 Å². The second-order valence-electron chi connectivity index (χ2n) is 12.1. The Morgan fingerprint density at radius 2 is 1.57 bits per heavy atom. The number of likely N-dealkylation sites (tertiary alicyclic amines) is 1. The Morgan fingerprint density at radius 3 is 2.19 bits per heavy atom. The quantitative estimate of drug-likeness (QED) is 0.371. The summed E-state index contributed by atoms with van der Waals surface area (Å²) in [4.78, 5) is 42.9. The van der Waals surface area contributed by atoms with Crippen LogP contribution >= 0.6 is 0 Å². The third-order valence-corrected chi connectivity index (χ3v) is 8.51. The van der Waals surface area contributed by atoms with Crippen LogP contribution in [-0.2, 0) is 20.9 Å². The highest BCUT2D eigenvalue weighted by Crippen LogP contribution is 2.44. The highest BCUT2D eigenvalue weighted by Gasteiger charge is 2.46. The Bertz CT molecular complexity index is 1390. The molecule has 5 rings (SSSR count). The van der Waals surface area contributed by atoms with Crippen molar-refractivity contribution < 1.29 is 24.2 Å². The van der Waals surface area contributed by atoms with Crippen molar-refractivity contribution in [2.75, 3.05) is 26.7 Å². The first-order valence-corrected chi connectivity index (χ1v) is 14.5. The van der Waals surface area contributed by atoms with E-state index in [0.717, 1.165) is 27.8 Å². The first-order valence-electron chi connectivity index (χ1n) is 14.5. The molecule has 2 unspecified atom stereocenters. The van der Waals surface area contributed by atoms with Gasteiger partial charge in [0.1, 0.15) is 18.7 Å². The zero-order valence-corrected chi connectivity index (χ0v) is 24.5. The highest BCUT2D eigenvalue weighted by molar-refractivity contribution is 5.90. The molecule has 0 spiro atoms. The van der Waals surface area contributed by atoms with Gasteiger partial charge in [-0.3, -0.25) is 9.69 Å². The first kappa shape index (κ1) is 29.3. The molecule has 220 valence electrons. The monoisotopic (exact) mass is 569 g/mol. The van der Waals surface area contributed by atoms with E-state index < -0.39 is 35.5 Å². The van der Waals surface area contributed by atoms with E-state index >= 15 is 0 Å². The Kier molecular flexibility index (Phi) is 8.64. The predicted molar refractivity (Wildman–Crippen MR) is 161 cm³/mol. The minimum atomic E-state index is -1.04. The maximum Gasteiger partial charge on any atom is 0.407 e. The minimum Gasteiger partial charge on any atom is -0.480 e. The average molecular weight is 570 g/mol. The molecule has 1 saturated heterocycles. The average Bonchev–Trinajstić information content (AvgIpc) is 3.28. The number of nitrogens with zero attached hydrogens (tertiary/aromatic N) is 2. The van der Waals surface area contributed by atoms with Gasteiger partial charge in [-0.05, 0) is 53.1 Å². The van der Waals surface area contributed by atoms with Gasteiger partial charge in [0.15, 0.2) is 0 Å². The lowest BCUT2D eigenvalue weighted by molar-refractivity contribution is -0.159. The van der Waals surface area contributed by atoms with Gasteiger partial charge in [0.05, 0.1) is 0 Å². The molecule has 8 nitrogen and oxygen atoms in total. The number of alkyl carbamates (subject to hydrolysis) is 1. The molecule has 2 atom stereocenters. The zero-order valence-electron chi connectivity index (χ0n) is 24.5. The summed E-state index contributed by atoms with van der Waals surface area (Å²) in [6, 6.07) is 24.1. The maximum atomic E-state index is 14.0. The van der Waals surface area contributed by atoms with Crippen LogP contribution in [0.1, 0.15) is 49.3 Å². The summed E-state index contributed by atoms with van der Waals surface area (Å²) in [6.07, 6.45) is 0.693. The number of carboxylic acid groups (broad SMARTS) is 1. The molecular weight excluding hydrogens is 530 g/mol. The summed E-state index contributed by atoms with van der Waals surface area (Å²) < 4.78 is 5.77. The van der Waals surface area contributed by atoms with Gasteiger partial charge in [-0.25, -0.2) is 9.59 Å². The number of carbonyl (C=O) groups excluding carboxylic acids is 2. The van der Waals surface area contributed by atoms with Crippen LogP contribution in [0.5, 0.6) is 0 Å². The highest BCUT2D eigenvalue weighted by atomic mass is 16.5. The standard InChI is InChI=1S/C34H39N3O5/c1-34(2)18-11-19-37(30(34)32(39)40)31(38)29(21-36(3)20-23-12-5-4-6-13-23)35-33(41)42-22-28-26-16-9-7-14-24(26)25-15-8-10-17-27(25)28/h4-10,12-17,28-30H,11,18-22H2,1-3H3,(H,35,41)(H,39,40). The van der Waals surface area contributed by atoms with Crippen molar-refractivity contribution in [2.45, 2.75) is 51.2 Å². The van der Waals surface area contributed by atoms with Crippen molar-refractivity contribution in [2.24, 2.45) is 5.41 Å². The summed E-state index contributed by atoms with van der Waals surface area (Å²) in [5.41, 5.74) is 4.93. The van der Waals surface area contributed by atoms with E-state index in [1.165, 1.54) is 4.90 Å². The third-order valence-electron chi connectivity index (χ3n) is 8.51. The van der Waals surface area contributed by atoms with Gasteiger partial charge in [-0.15, -0.1) is 0 Å². The third kappa shape index (κ3) is 6.19. The predicted octanol–water partition coefficient (Wildman–Crippen LogP) is 5.13. The minimum absolute atomic E-state index is 0.114. The number of likely N-dealkylation sites (N-methyl/N-ethyl adjacent to an activating group) is 1. The number of ether oxygens (including phenoxy) is 1. The van der Waals surface area contributed by atoms with E-state index in [-0.39, 0.29) is 19.1 Å². The molecule has 2 amide bonds. The molecule has 0 bridgehead atoms. The maximum absolute atomic E-state index is 14.0. The summed E-state index contributed by atoms with van der Waals surface area (Å²) >= 11 is 0. The Labute approximate surface area is 247 Å². The fourth-order valence-electron chi connectivity index (χ4n) is 6.54. The number of carbonyl (C=O) groups is 3. The van der Waals surface area contributed by atoms with E-state index in [9.17, 15) is 19.5 Å². The summed E-state index contributed by atoms with van der Waals surface area (Å²) in [5, 5.41) is 12.9. The molecule has 1 fully saturated rings. The largest absolute Gasteiger partial charge is 0.480 e. The molecule has 3 aromatic carbocycles.